The number of hydrogen-bond donors (Lipinski definition) is 2. The molecule has 6 nitrogen and oxygen atoms in total. The predicted molar refractivity (Wildman–Crippen MR) is 95.9 cm³/mol. The summed E-state index contributed by atoms with van der Waals surface area (Å²) in [5.74, 6) is -0.886. The number of nitrogens with one attached hydrogen (secondary N) is 2. The number of aryl methyl sites for hydroxylation is 1. The quantitative estimate of drug-likeness (QED) is 0.788. The first kappa shape index (κ1) is 18.4. The van der Waals surface area contributed by atoms with Gasteiger partial charge in [-0.1, -0.05) is 25.1 Å². The van der Waals surface area contributed by atoms with Crippen LogP contribution >= 0.6 is 0 Å². The van der Waals surface area contributed by atoms with Gasteiger partial charge in [0.2, 0.25) is 0 Å². The summed E-state index contributed by atoms with van der Waals surface area (Å²) >= 11 is 0. The Morgan fingerprint density at radius 2 is 1.79 bits per heavy atom. The Bertz CT molecular complexity index is 568. The van der Waals surface area contributed by atoms with E-state index in [4.69, 9.17) is 0 Å². The van der Waals surface area contributed by atoms with E-state index in [-0.39, 0.29) is 0 Å². The number of rotatable bonds is 5. The molecular formula is C18H28N4O2. The first-order chi connectivity index (χ1) is 11.5. The number of hydrogen-bond acceptors (Lipinski definition) is 4. The Balaban J connectivity index is 1.72. The first-order valence-electron chi connectivity index (χ1n) is 8.51. The number of amides is 2. The van der Waals surface area contributed by atoms with Gasteiger partial charge in [-0.25, -0.2) is 0 Å². The molecule has 0 radical (unpaired) electrons. The molecule has 1 saturated heterocycles. The molecular weight excluding hydrogens is 304 g/mol. The average Bonchev–Trinajstić information content (AvgIpc) is 2.56. The van der Waals surface area contributed by atoms with Crippen LogP contribution in [0.1, 0.15) is 12.5 Å². The van der Waals surface area contributed by atoms with E-state index in [1.807, 2.05) is 25.1 Å². The second kappa shape index (κ2) is 8.80. The Morgan fingerprint density at radius 3 is 2.46 bits per heavy atom. The lowest BCUT2D eigenvalue weighted by Crippen LogP contribution is -2.47. The third-order valence-electron chi connectivity index (χ3n) is 4.38. The Morgan fingerprint density at radius 1 is 1.12 bits per heavy atom. The summed E-state index contributed by atoms with van der Waals surface area (Å²) in [6, 6.07) is 7.41. The SMILES string of the molecule is Cc1ccccc1NC(=O)C(=O)NCC(C)CN1CCN(C)CC1. The summed E-state index contributed by atoms with van der Waals surface area (Å²) in [6.45, 7) is 9.71. The molecule has 1 aliphatic rings. The molecule has 0 aliphatic carbocycles. The van der Waals surface area contributed by atoms with Crippen molar-refractivity contribution in [3.8, 4) is 0 Å². The molecule has 1 aromatic rings. The molecule has 0 saturated carbocycles. The third-order valence-corrected chi connectivity index (χ3v) is 4.38. The molecule has 0 aromatic heterocycles. The number of nitrogens with zero attached hydrogens (tertiary/aromatic N) is 2. The standard InChI is InChI=1S/C18H28N4O2/c1-14(13-22-10-8-21(3)9-11-22)12-19-17(23)18(24)20-16-7-5-4-6-15(16)2/h4-7,14H,8-13H2,1-3H3,(H,19,23)(H,20,24). The van der Waals surface area contributed by atoms with Crippen LogP contribution in [0.3, 0.4) is 0 Å². The van der Waals surface area contributed by atoms with Gasteiger partial charge >= 0.3 is 11.8 Å². The summed E-state index contributed by atoms with van der Waals surface area (Å²) in [5.41, 5.74) is 1.60. The van der Waals surface area contributed by atoms with Gasteiger partial charge < -0.3 is 20.4 Å². The maximum atomic E-state index is 12.0. The van der Waals surface area contributed by atoms with E-state index in [1.165, 1.54) is 0 Å². The normalized spacial score (nSPS) is 17.3. The molecule has 1 atom stereocenters. The number of carbonyl (C=O) groups is 2. The van der Waals surface area contributed by atoms with Gasteiger partial charge in [0.25, 0.3) is 0 Å². The molecule has 2 amide bonds. The van der Waals surface area contributed by atoms with Gasteiger partial charge in [0.05, 0.1) is 0 Å². The van der Waals surface area contributed by atoms with Crippen LogP contribution in [0.5, 0.6) is 0 Å². The summed E-state index contributed by atoms with van der Waals surface area (Å²) < 4.78 is 0. The summed E-state index contributed by atoms with van der Waals surface area (Å²) in [4.78, 5) is 28.6. The number of anilines is 1. The zero-order valence-corrected chi connectivity index (χ0v) is 14.8. The molecule has 132 valence electrons. The minimum Gasteiger partial charge on any atom is -0.348 e. The van der Waals surface area contributed by atoms with E-state index < -0.39 is 11.8 Å². The molecule has 6 heteroatoms. The van der Waals surface area contributed by atoms with Gasteiger partial charge in [-0.2, -0.15) is 0 Å². The maximum absolute atomic E-state index is 12.0. The van der Waals surface area contributed by atoms with Crippen molar-refractivity contribution >= 4 is 17.5 Å². The van der Waals surface area contributed by atoms with E-state index >= 15 is 0 Å². The van der Waals surface area contributed by atoms with Crippen molar-refractivity contribution in [3.63, 3.8) is 0 Å². The zero-order valence-electron chi connectivity index (χ0n) is 14.8. The van der Waals surface area contributed by atoms with Crippen LogP contribution in [-0.2, 0) is 9.59 Å². The fraction of sp³-hybridized carbons (Fsp3) is 0.556. The molecule has 24 heavy (non-hydrogen) atoms. The Labute approximate surface area is 144 Å². The van der Waals surface area contributed by atoms with Crippen LogP contribution in [0.25, 0.3) is 0 Å². The lowest BCUT2D eigenvalue weighted by atomic mass is 10.1. The van der Waals surface area contributed by atoms with Gasteiger partial charge in [0, 0.05) is 45.0 Å². The first-order valence-corrected chi connectivity index (χ1v) is 8.51. The number of piperazine rings is 1. The van der Waals surface area contributed by atoms with Gasteiger partial charge in [0.15, 0.2) is 0 Å². The second-order valence-corrected chi connectivity index (χ2v) is 6.69. The molecule has 1 heterocycles. The van der Waals surface area contributed by atoms with Crippen LogP contribution < -0.4 is 10.6 Å². The van der Waals surface area contributed by atoms with Crippen molar-refractivity contribution in [3.05, 3.63) is 29.8 Å². The molecule has 2 rings (SSSR count). The molecule has 0 bridgehead atoms. The van der Waals surface area contributed by atoms with Crippen molar-refractivity contribution in [2.75, 3.05) is 51.6 Å². The molecule has 1 aromatic carbocycles. The lowest BCUT2D eigenvalue weighted by Gasteiger charge is -2.33. The van der Waals surface area contributed by atoms with Crippen LogP contribution in [0.2, 0.25) is 0 Å². The van der Waals surface area contributed by atoms with Crippen molar-refractivity contribution in [2.24, 2.45) is 5.92 Å². The van der Waals surface area contributed by atoms with Gasteiger partial charge in [-0.15, -0.1) is 0 Å². The molecule has 2 N–H and O–H groups in total. The van der Waals surface area contributed by atoms with E-state index in [0.29, 0.717) is 18.2 Å². The van der Waals surface area contributed by atoms with Crippen LogP contribution in [-0.4, -0.2) is 67.9 Å². The van der Waals surface area contributed by atoms with Crippen LogP contribution in [0.15, 0.2) is 24.3 Å². The fourth-order valence-corrected chi connectivity index (χ4v) is 2.78. The summed E-state index contributed by atoms with van der Waals surface area (Å²) in [6.07, 6.45) is 0. The van der Waals surface area contributed by atoms with E-state index in [2.05, 4.69) is 34.4 Å². The fourth-order valence-electron chi connectivity index (χ4n) is 2.78. The largest absolute Gasteiger partial charge is 0.348 e. The highest BCUT2D eigenvalue weighted by Crippen LogP contribution is 2.12. The number of benzene rings is 1. The Kier molecular flexibility index (Phi) is 6.75. The Hall–Kier alpha value is -1.92. The summed E-state index contributed by atoms with van der Waals surface area (Å²) in [7, 11) is 2.13. The number of para-hydroxylation sites is 1. The second-order valence-electron chi connectivity index (χ2n) is 6.69. The van der Waals surface area contributed by atoms with Crippen molar-refractivity contribution < 1.29 is 9.59 Å². The minimum atomic E-state index is -0.615. The van der Waals surface area contributed by atoms with Gasteiger partial charge in [-0.3, -0.25) is 9.59 Å². The van der Waals surface area contributed by atoms with E-state index in [1.54, 1.807) is 6.07 Å². The van der Waals surface area contributed by atoms with Gasteiger partial charge in [0.1, 0.15) is 0 Å². The van der Waals surface area contributed by atoms with Crippen LogP contribution in [0, 0.1) is 12.8 Å². The highest BCUT2D eigenvalue weighted by Gasteiger charge is 2.18. The topological polar surface area (TPSA) is 64.7 Å². The smallest absolute Gasteiger partial charge is 0.313 e. The van der Waals surface area contributed by atoms with Gasteiger partial charge in [-0.05, 0) is 31.5 Å². The maximum Gasteiger partial charge on any atom is 0.313 e. The number of carbonyl (C=O) groups excluding carboxylic acids is 2. The lowest BCUT2D eigenvalue weighted by molar-refractivity contribution is -0.136. The van der Waals surface area contributed by atoms with Crippen molar-refractivity contribution in [1.82, 2.24) is 15.1 Å². The minimum absolute atomic E-state index is 0.309. The van der Waals surface area contributed by atoms with E-state index in [0.717, 1.165) is 38.3 Å². The highest BCUT2D eigenvalue weighted by atomic mass is 16.2. The third kappa shape index (κ3) is 5.62. The predicted octanol–water partition coefficient (Wildman–Crippen LogP) is 0.933. The van der Waals surface area contributed by atoms with Crippen molar-refractivity contribution in [2.45, 2.75) is 13.8 Å². The zero-order chi connectivity index (χ0) is 17.5. The van der Waals surface area contributed by atoms with Crippen LogP contribution in [0.4, 0.5) is 5.69 Å². The highest BCUT2D eigenvalue weighted by molar-refractivity contribution is 6.39. The summed E-state index contributed by atoms with van der Waals surface area (Å²) in [5, 5.41) is 5.39. The van der Waals surface area contributed by atoms with E-state index in [9.17, 15) is 9.59 Å². The number of likely N-dealkylation sites (N-methyl/N-ethyl adjacent to an activating group) is 1. The molecule has 0 spiro atoms. The molecule has 1 fully saturated rings. The molecule has 1 unspecified atom stereocenters. The molecule has 1 aliphatic heterocycles. The average molecular weight is 332 g/mol. The monoisotopic (exact) mass is 332 g/mol. The van der Waals surface area contributed by atoms with Crippen molar-refractivity contribution in [1.29, 1.82) is 0 Å².